The fraction of sp³-hybridized carbons (Fsp3) is 0.400. The lowest BCUT2D eigenvalue weighted by molar-refractivity contribution is -0.231. The molecule has 29 heavy (non-hydrogen) atoms. The number of benzene rings is 2. The van der Waals surface area contributed by atoms with E-state index in [4.69, 9.17) is 23.2 Å². The number of methoxy groups -OCH3 is 1. The molecule has 2 aromatic carbocycles. The van der Waals surface area contributed by atoms with Crippen molar-refractivity contribution in [3.05, 3.63) is 63.7 Å². The van der Waals surface area contributed by atoms with Crippen LogP contribution in [-0.2, 0) is 11.1 Å². The first-order valence-electron chi connectivity index (χ1n) is 11.0. The van der Waals surface area contributed by atoms with Gasteiger partial charge in [0.25, 0.3) is 0 Å². The van der Waals surface area contributed by atoms with Crippen LogP contribution >= 0.6 is 11.6 Å². The third-order valence-corrected chi connectivity index (χ3v) is 4.92. The van der Waals surface area contributed by atoms with Crippen LogP contribution in [0.15, 0.2) is 30.3 Å². The van der Waals surface area contributed by atoms with Gasteiger partial charge in [0.05, 0.1) is 17.8 Å². The number of hydrogen-bond acceptors (Lipinski definition) is 6. The molecule has 1 heterocycles. The second kappa shape index (κ2) is 8.91. The summed E-state index contributed by atoms with van der Waals surface area (Å²) in [5.41, 5.74) is -0.733. The van der Waals surface area contributed by atoms with Crippen molar-refractivity contribution in [2.45, 2.75) is 36.9 Å². The Bertz CT molecular complexity index is 1030. The van der Waals surface area contributed by atoms with Crippen LogP contribution in [0.5, 0.6) is 5.75 Å². The monoisotopic (exact) mass is 435 g/mol. The van der Waals surface area contributed by atoms with E-state index >= 15 is 0 Å². The van der Waals surface area contributed by atoms with Gasteiger partial charge in [0.2, 0.25) is 0 Å². The Balaban J connectivity index is 2.03. The van der Waals surface area contributed by atoms with Gasteiger partial charge in [0, 0.05) is 7.76 Å². The summed E-state index contributed by atoms with van der Waals surface area (Å²) in [6.07, 6.45) is -10.1. The lowest BCUT2D eigenvalue weighted by Crippen LogP contribution is -2.55. The maximum absolute atomic E-state index is 14.4. The standard InChI is InChI=1S/C20H21ClF2O6/c1-28-20-13(22)5-9(6-14(20)23)4-11-7-10(2-3-12(11)21)19-18(27)17(26)16(25)15(8-24)29-19/h2-3,5-7,15-19,24-27H,4,8H2,1H3/t15-,16-,17+,18-,19+/m1/s1/i1D3,4D2. The second-order valence-electron chi connectivity index (χ2n) is 6.48. The second-order valence-corrected chi connectivity index (χ2v) is 6.89. The van der Waals surface area contributed by atoms with E-state index < -0.39 is 73.5 Å². The van der Waals surface area contributed by atoms with Crippen molar-refractivity contribution in [1.29, 1.82) is 0 Å². The summed E-state index contributed by atoms with van der Waals surface area (Å²) in [5.74, 6) is -4.09. The molecular weight excluding hydrogens is 410 g/mol. The first-order chi connectivity index (χ1) is 15.7. The zero-order chi connectivity index (χ0) is 25.6. The summed E-state index contributed by atoms with van der Waals surface area (Å²) < 4.78 is 76.6. The molecule has 1 aliphatic rings. The van der Waals surface area contributed by atoms with E-state index in [9.17, 15) is 29.2 Å². The predicted molar refractivity (Wildman–Crippen MR) is 99.9 cm³/mol. The van der Waals surface area contributed by atoms with Crippen LogP contribution in [-0.4, -0.2) is 58.5 Å². The van der Waals surface area contributed by atoms with E-state index in [0.717, 1.165) is 6.07 Å². The molecule has 1 aliphatic heterocycles. The highest BCUT2D eigenvalue weighted by Gasteiger charge is 2.44. The molecule has 0 radical (unpaired) electrons. The van der Waals surface area contributed by atoms with Gasteiger partial charge in [-0.2, -0.15) is 0 Å². The first kappa shape index (κ1) is 16.0. The Hall–Kier alpha value is -1.81. The van der Waals surface area contributed by atoms with Crippen molar-refractivity contribution in [2.24, 2.45) is 0 Å². The SMILES string of the molecule is [2H]C([2H])([2H])Oc1c(F)cc(C([2H])([2H])c2cc([C@@H]3O[C@H](CO)[C@@H](O)[C@H](O)[C@H]3O)ccc2Cl)cc1F. The topological polar surface area (TPSA) is 99.4 Å². The molecule has 3 rings (SSSR count). The quantitative estimate of drug-likeness (QED) is 0.571. The largest absolute Gasteiger partial charge is 0.491 e. The molecule has 0 bridgehead atoms. The Labute approximate surface area is 177 Å². The number of halogens is 3. The number of ether oxygens (including phenoxy) is 2. The molecule has 0 saturated carbocycles. The fourth-order valence-electron chi connectivity index (χ4n) is 3.08. The lowest BCUT2D eigenvalue weighted by Gasteiger charge is -2.40. The van der Waals surface area contributed by atoms with Gasteiger partial charge in [-0.1, -0.05) is 23.7 Å². The third kappa shape index (κ3) is 4.37. The maximum atomic E-state index is 14.4. The van der Waals surface area contributed by atoms with E-state index in [1.165, 1.54) is 12.1 Å². The molecule has 0 aromatic heterocycles. The highest BCUT2D eigenvalue weighted by atomic mass is 35.5. The van der Waals surface area contributed by atoms with Gasteiger partial charge >= 0.3 is 0 Å². The Morgan fingerprint density at radius 1 is 1.14 bits per heavy atom. The normalized spacial score (nSPS) is 30.6. The summed E-state index contributed by atoms with van der Waals surface area (Å²) in [4.78, 5) is 0. The number of rotatable bonds is 5. The van der Waals surface area contributed by atoms with E-state index in [0.29, 0.717) is 12.1 Å². The summed E-state index contributed by atoms with van der Waals surface area (Å²) in [5, 5.41) is 39.6. The highest BCUT2D eigenvalue weighted by Crippen LogP contribution is 2.34. The van der Waals surface area contributed by atoms with Crippen LogP contribution in [0.1, 0.15) is 29.6 Å². The molecule has 5 atom stereocenters. The van der Waals surface area contributed by atoms with E-state index in [1.807, 2.05) is 0 Å². The minimum absolute atomic E-state index is 0.100. The van der Waals surface area contributed by atoms with Crippen LogP contribution in [0.4, 0.5) is 8.78 Å². The van der Waals surface area contributed by atoms with Crippen LogP contribution < -0.4 is 4.74 Å². The van der Waals surface area contributed by atoms with E-state index in [1.54, 1.807) is 0 Å². The molecule has 4 N–H and O–H groups in total. The van der Waals surface area contributed by atoms with Crippen LogP contribution in [0.3, 0.4) is 0 Å². The summed E-state index contributed by atoms with van der Waals surface area (Å²) >= 11 is 6.15. The molecule has 1 saturated heterocycles. The van der Waals surface area contributed by atoms with E-state index in [-0.39, 0.29) is 16.1 Å². The molecule has 9 heteroatoms. The number of aliphatic hydroxyl groups is 4. The molecule has 158 valence electrons. The molecule has 1 fully saturated rings. The summed E-state index contributed by atoms with van der Waals surface area (Å²) in [6, 6.07) is 4.88. The van der Waals surface area contributed by atoms with Crippen LogP contribution in [0.25, 0.3) is 0 Å². The Morgan fingerprint density at radius 3 is 2.45 bits per heavy atom. The van der Waals surface area contributed by atoms with Gasteiger partial charge in [-0.3, -0.25) is 0 Å². The first-order valence-corrected chi connectivity index (χ1v) is 8.84. The van der Waals surface area contributed by atoms with Gasteiger partial charge in [0.1, 0.15) is 30.5 Å². The average Bonchev–Trinajstić information content (AvgIpc) is 2.74. The predicted octanol–water partition coefficient (Wildman–Crippen LogP) is 1.73. The Kier molecular flexibility index (Phi) is 4.90. The van der Waals surface area contributed by atoms with Gasteiger partial charge in [-0.05, 0) is 41.3 Å². The van der Waals surface area contributed by atoms with E-state index in [2.05, 4.69) is 4.74 Å². The van der Waals surface area contributed by atoms with Gasteiger partial charge in [-0.25, -0.2) is 8.78 Å². The van der Waals surface area contributed by atoms with Gasteiger partial charge in [-0.15, -0.1) is 0 Å². The van der Waals surface area contributed by atoms with Crippen LogP contribution in [0.2, 0.25) is 5.02 Å². The molecule has 6 nitrogen and oxygen atoms in total. The van der Waals surface area contributed by atoms with Gasteiger partial charge < -0.3 is 29.9 Å². The van der Waals surface area contributed by atoms with Crippen molar-refractivity contribution in [1.82, 2.24) is 0 Å². The molecule has 0 aliphatic carbocycles. The molecular formula is C20H21ClF2O6. The molecule has 0 unspecified atom stereocenters. The fourth-order valence-corrected chi connectivity index (χ4v) is 3.24. The van der Waals surface area contributed by atoms with Crippen molar-refractivity contribution in [3.63, 3.8) is 0 Å². The number of hydrogen-bond donors (Lipinski definition) is 4. The number of aliphatic hydroxyl groups excluding tert-OH is 4. The maximum Gasteiger partial charge on any atom is 0.190 e. The molecule has 0 spiro atoms. The van der Waals surface area contributed by atoms with Crippen molar-refractivity contribution in [2.75, 3.05) is 13.6 Å². The van der Waals surface area contributed by atoms with Crippen molar-refractivity contribution < 1.29 is 45.5 Å². The summed E-state index contributed by atoms with van der Waals surface area (Å²) in [7, 11) is -3.13. The van der Waals surface area contributed by atoms with Crippen molar-refractivity contribution in [3.8, 4) is 5.75 Å². The van der Waals surface area contributed by atoms with Gasteiger partial charge in [0.15, 0.2) is 17.4 Å². The zero-order valence-electron chi connectivity index (χ0n) is 19.7. The average molecular weight is 436 g/mol. The minimum atomic E-state index is -3.13. The zero-order valence-corrected chi connectivity index (χ0v) is 15.5. The minimum Gasteiger partial charge on any atom is -0.491 e. The van der Waals surface area contributed by atoms with Crippen LogP contribution in [0, 0.1) is 11.6 Å². The summed E-state index contributed by atoms with van der Waals surface area (Å²) in [6.45, 7) is -0.675. The lowest BCUT2D eigenvalue weighted by atomic mass is 9.90. The molecule has 2 aromatic rings. The Morgan fingerprint density at radius 2 is 1.83 bits per heavy atom. The smallest absolute Gasteiger partial charge is 0.190 e. The highest BCUT2D eigenvalue weighted by molar-refractivity contribution is 6.31. The molecule has 0 amide bonds. The third-order valence-electron chi connectivity index (χ3n) is 4.59. The van der Waals surface area contributed by atoms with Crippen molar-refractivity contribution >= 4 is 11.6 Å².